The molecule has 3 heterocycles. The van der Waals surface area contributed by atoms with Gasteiger partial charge in [0.15, 0.2) is 6.39 Å². The molecule has 1 amide bonds. The number of hydrogen-bond donors (Lipinski definition) is 0. The van der Waals surface area contributed by atoms with Gasteiger partial charge in [0.1, 0.15) is 0 Å². The van der Waals surface area contributed by atoms with E-state index < -0.39 is 0 Å². The Labute approximate surface area is 140 Å². The Balaban J connectivity index is 1.51. The number of piperidine rings is 1. The summed E-state index contributed by atoms with van der Waals surface area (Å²) in [4.78, 5) is 22.7. The zero-order chi connectivity index (χ0) is 16.4. The van der Waals surface area contributed by atoms with Crippen molar-refractivity contribution >= 4 is 16.8 Å². The van der Waals surface area contributed by atoms with E-state index in [-0.39, 0.29) is 5.91 Å². The molecule has 3 aromatic rings. The summed E-state index contributed by atoms with van der Waals surface area (Å²) in [5.41, 5.74) is 2.32. The Morgan fingerprint density at radius 1 is 1.29 bits per heavy atom. The highest BCUT2D eigenvalue weighted by Gasteiger charge is 2.26. The summed E-state index contributed by atoms with van der Waals surface area (Å²) in [7, 11) is 0. The molecule has 0 bridgehead atoms. The fourth-order valence-corrected chi connectivity index (χ4v) is 3.54. The summed E-state index contributed by atoms with van der Waals surface area (Å²) in [6, 6.07) is 10.4. The van der Waals surface area contributed by atoms with Crippen LogP contribution in [0.3, 0.4) is 0 Å². The monoisotopic (exact) mass is 321 g/mol. The third-order valence-corrected chi connectivity index (χ3v) is 4.67. The van der Waals surface area contributed by atoms with Crippen LogP contribution in [0.5, 0.6) is 0 Å². The van der Waals surface area contributed by atoms with Crippen LogP contribution in [-0.2, 0) is 6.42 Å². The average Bonchev–Trinajstić information content (AvgIpc) is 3.16. The number of rotatable bonds is 3. The van der Waals surface area contributed by atoms with Crippen molar-refractivity contribution in [1.82, 2.24) is 14.9 Å². The van der Waals surface area contributed by atoms with Gasteiger partial charge in [-0.15, -0.1) is 0 Å². The molecular formula is C19H19N3O2. The Bertz CT molecular complexity index is 839. The Morgan fingerprint density at radius 2 is 2.21 bits per heavy atom. The third-order valence-electron chi connectivity index (χ3n) is 4.67. The van der Waals surface area contributed by atoms with Crippen molar-refractivity contribution in [2.75, 3.05) is 13.1 Å². The van der Waals surface area contributed by atoms with E-state index in [0.717, 1.165) is 37.9 Å². The fourth-order valence-electron chi connectivity index (χ4n) is 3.54. The van der Waals surface area contributed by atoms with Crippen molar-refractivity contribution in [2.45, 2.75) is 19.3 Å². The molecule has 1 unspecified atom stereocenters. The predicted octanol–water partition coefficient (Wildman–Crippen LogP) is 3.32. The topological polar surface area (TPSA) is 59.2 Å². The van der Waals surface area contributed by atoms with Gasteiger partial charge in [0.2, 0.25) is 5.76 Å². The highest BCUT2D eigenvalue weighted by atomic mass is 16.3. The van der Waals surface area contributed by atoms with Gasteiger partial charge in [-0.3, -0.25) is 9.78 Å². The second kappa shape index (κ2) is 6.43. The van der Waals surface area contributed by atoms with E-state index in [1.165, 1.54) is 23.5 Å². The molecule has 2 aromatic heterocycles. The number of para-hydroxylation sites is 1. The summed E-state index contributed by atoms with van der Waals surface area (Å²) in [6.45, 7) is 1.53. The maximum atomic E-state index is 12.5. The fraction of sp³-hybridized carbons (Fsp3) is 0.316. The van der Waals surface area contributed by atoms with Gasteiger partial charge < -0.3 is 9.32 Å². The summed E-state index contributed by atoms with van der Waals surface area (Å²) in [6.07, 6.45) is 7.71. The molecule has 0 radical (unpaired) electrons. The molecule has 5 heteroatoms. The summed E-state index contributed by atoms with van der Waals surface area (Å²) < 4.78 is 5.15. The molecule has 1 saturated heterocycles. The quantitative estimate of drug-likeness (QED) is 0.742. The highest BCUT2D eigenvalue weighted by Crippen LogP contribution is 2.25. The van der Waals surface area contributed by atoms with Crippen LogP contribution in [0.1, 0.15) is 29.0 Å². The average molecular weight is 321 g/mol. The van der Waals surface area contributed by atoms with E-state index in [9.17, 15) is 4.79 Å². The number of oxazole rings is 1. The Kier molecular flexibility index (Phi) is 3.99. The van der Waals surface area contributed by atoms with Crippen molar-refractivity contribution < 1.29 is 9.21 Å². The first-order chi connectivity index (χ1) is 11.8. The van der Waals surface area contributed by atoms with Crippen LogP contribution in [-0.4, -0.2) is 33.9 Å². The lowest BCUT2D eigenvalue weighted by molar-refractivity contribution is 0.0641. The number of carbonyl (C=O) groups excluding carboxylic acids is 1. The molecule has 0 saturated carbocycles. The van der Waals surface area contributed by atoms with Crippen molar-refractivity contribution in [3.8, 4) is 0 Å². The second-order valence-electron chi connectivity index (χ2n) is 6.32. The lowest BCUT2D eigenvalue weighted by Crippen LogP contribution is -2.40. The van der Waals surface area contributed by atoms with Crippen LogP contribution >= 0.6 is 0 Å². The van der Waals surface area contributed by atoms with Gasteiger partial charge in [0, 0.05) is 24.7 Å². The van der Waals surface area contributed by atoms with E-state index in [2.05, 4.69) is 34.2 Å². The van der Waals surface area contributed by atoms with Gasteiger partial charge in [0.05, 0.1) is 11.7 Å². The number of likely N-dealkylation sites (tertiary alicyclic amines) is 1. The maximum Gasteiger partial charge on any atom is 0.291 e. The van der Waals surface area contributed by atoms with Crippen molar-refractivity contribution in [3.63, 3.8) is 0 Å². The van der Waals surface area contributed by atoms with Gasteiger partial charge in [-0.25, -0.2) is 4.98 Å². The molecular weight excluding hydrogens is 302 g/mol. The number of fused-ring (bicyclic) bond motifs is 1. The smallest absolute Gasteiger partial charge is 0.291 e. The number of benzene rings is 1. The molecule has 0 N–H and O–H groups in total. The highest BCUT2D eigenvalue weighted by molar-refractivity contribution is 5.91. The molecule has 0 aliphatic carbocycles. The van der Waals surface area contributed by atoms with Crippen LogP contribution in [0.2, 0.25) is 0 Å². The maximum absolute atomic E-state index is 12.5. The van der Waals surface area contributed by atoms with Crippen molar-refractivity contribution in [3.05, 3.63) is 60.4 Å². The zero-order valence-corrected chi connectivity index (χ0v) is 13.4. The Hall–Kier alpha value is -2.69. The largest absolute Gasteiger partial charge is 0.438 e. The minimum Gasteiger partial charge on any atom is -0.438 e. The molecule has 1 aromatic carbocycles. The summed E-state index contributed by atoms with van der Waals surface area (Å²) >= 11 is 0. The van der Waals surface area contributed by atoms with E-state index in [4.69, 9.17) is 4.42 Å². The molecule has 5 nitrogen and oxygen atoms in total. The van der Waals surface area contributed by atoms with Gasteiger partial charge in [-0.2, -0.15) is 0 Å². The third kappa shape index (κ3) is 2.89. The molecule has 1 aliphatic heterocycles. The molecule has 1 atom stereocenters. The molecule has 0 spiro atoms. The first-order valence-electron chi connectivity index (χ1n) is 8.31. The number of nitrogens with zero attached hydrogens (tertiary/aromatic N) is 3. The number of aromatic nitrogens is 2. The van der Waals surface area contributed by atoms with Crippen LogP contribution in [0.15, 0.2) is 53.5 Å². The minimum atomic E-state index is -0.0618. The van der Waals surface area contributed by atoms with Crippen LogP contribution in [0, 0.1) is 5.92 Å². The molecule has 122 valence electrons. The van der Waals surface area contributed by atoms with Gasteiger partial charge >= 0.3 is 0 Å². The van der Waals surface area contributed by atoms with Crippen LogP contribution < -0.4 is 0 Å². The van der Waals surface area contributed by atoms with Crippen molar-refractivity contribution in [1.29, 1.82) is 0 Å². The lowest BCUT2D eigenvalue weighted by atomic mass is 9.90. The summed E-state index contributed by atoms with van der Waals surface area (Å²) in [5.74, 6) is 0.703. The van der Waals surface area contributed by atoms with Crippen LogP contribution in [0.4, 0.5) is 0 Å². The number of pyridine rings is 1. The molecule has 24 heavy (non-hydrogen) atoms. The minimum absolute atomic E-state index is 0.0618. The standard InChI is InChI=1S/C19H19N3O2/c23-19(17-11-20-13-24-17)22-9-3-4-14(12-22)10-16-6-1-5-15-7-2-8-21-18(15)16/h1-2,5-8,11,13-14H,3-4,9-10,12H2. The van der Waals surface area contributed by atoms with E-state index in [0.29, 0.717) is 11.7 Å². The lowest BCUT2D eigenvalue weighted by Gasteiger charge is -2.32. The Morgan fingerprint density at radius 3 is 3.08 bits per heavy atom. The normalized spacial score (nSPS) is 18.0. The number of hydrogen-bond acceptors (Lipinski definition) is 4. The zero-order valence-electron chi connectivity index (χ0n) is 13.4. The van der Waals surface area contributed by atoms with Gasteiger partial charge in [-0.05, 0) is 36.8 Å². The number of carbonyl (C=O) groups is 1. The van der Waals surface area contributed by atoms with E-state index in [1.807, 2.05) is 17.2 Å². The summed E-state index contributed by atoms with van der Waals surface area (Å²) in [5, 5.41) is 1.17. The molecule has 1 aliphatic rings. The van der Waals surface area contributed by atoms with Gasteiger partial charge in [0.25, 0.3) is 5.91 Å². The predicted molar refractivity (Wildman–Crippen MR) is 90.6 cm³/mol. The molecule has 4 rings (SSSR count). The van der Waals surface area contributed by atoms with Crippen molar-refractivity contribution in [2.24, 2.45) is 5.92 Å². The number of amides is 1. The second-order valence-corrected chi connectivity index (χ2v) is 6.32. The van der Waals surface area contributed by atoms with Gasteiger partial charge in [-0.1, -0.05) is 24.3 Å². The van der Waals surface area contributed by atoms with Crippen LogP contribution in [0.25, 0.3) is 10.9 Å². The van der Waals surface area contributed by atoms with E-state index in [1.54, 1.807) is 0 Å². The SMILES string of the molecule is O=C(c1cnco1)N1CCCC(Cc2cccc3cccnc23)C1. The van der Waals surface area contributed by atoms with E-state index >= 15 is 0 Å². The molecule has 1 fully saturated rings. The first-order valence-corrected chi connectivity index (χ1v) is 8.31. The first kappa shape index (κ1) is 14.9.